The molecule has 1 aromatic heterocycles. The summed E-state index contributed by atoms with van der Waals surface area (Å²) in [4.78, 5) is 3.91. The second-order valence-corrected chi connectivity index (χ2v) is 5.23. The van der Waals surface area contributed by atoms with Crippen LogP contribution in [0.4, 0.5) is 6.01 Å². The fraction of sp³-hybridized carbons (Fsp3) is 0.357. The molecule has 2 aromatic rings. The van der Waals surface area contributed by atoms with Gasteiger partial charge in [0, 0.05) is 11.1 Å². The molecular weight excluding hydrogens is 228 g/mol. The van der Waals surface area contributed by atoms with Crippen LogP contribution >= 0.6 is 0 Å². The third-order valence-electron chi connectivity index (χ3n) is 2.82. The Bertz CT molecular complexity index is 553. The van der Waals surface area contributed by atoms with Crippen molar-refractivity contribution in [2.45, 2.75) is 26.2 Å². The molecule has 4 heteroatoms. The van der Waals surface area contributed by atoms with Gasteiger partial charge in [0.25, 0.3) is 6.01 Å². The van der Waals surface area contributed by atoms with E-state index in [0.29, 0.717) is 5.76 Å². The lowest BCUT2D eigenvalue weighted by molar-refractivity contribution is 0.397. The van der Waals surface area contributed by atoms with Gasteiger partial charge in [0.05, 0.1) is 13.3 Å². The smallest absolute Gasteiger partial charge is 0.292 e. The van der Waals surface area contributed by atoms with Crippen molar-refractivity contribution >= 4 is 6.01 Å². The monoisotopic (exact) mass is 246 g/mol. The molecule has 1 aromatic carbocycles. The van der Waals surface area contributed by atoms with E-state index in [0.717, 1.165) is 16.9 Å². The zero-order valence-corrected chi connectivity index (χ0v) is 11.2. The van der Waals surface area contributed by atoms with E-state index in [2.05, 4.69) is 31.8 Å². The first-order valence-electron chi connectivity index (χ1n) is 5.82. The molecule has 0 spiro atoms. The SMILES string of the molecule is COc1ccc(-c2cnc(N)o2)cc1C(C)(C)C. The minimum absolute atomic E-state index is 0.00702. The first-order chi connectivity index (χ1) is 8.41. The molecule has 0 atom stereocenters. The molecule has 4 nitrogen and oxygen atoms in total. The highest BCUT2D eigenvalue weighted by molar-refractivity contribution is 5.61. The van der Waals surface area contributed by atoms with Crippen LogP contribution in [0.2, 0.25) is 0 Å². The van der Waals surface area contributed by atoms with E-state index in [9.17, 15) is 0 Å². The van der Waals surface area contributed by atoms with Crippen LogP contribution < -0.4 is 10.5 Å². The number of hydrogen-bond acceptors (Lipinski definition) is 4. The first-order valence-corrected chi connectivity index (χ1v) is 5.82. The summed E-state index contributed by atoms with van der Waals surface area (Å²) in [6.07, 6.45) is 1.63. The van der Waals surface area contributed by atoms with Crippen LogP contribution in [0, 0.1) is 0 Å². The minimum atomic E-state index is -0.00702. The Labute approximate surface area is 107 Å². The maximum absolute atomic E-state index is 5.49. The Kier molecular flexibility index (Phi) is 3.03. The Morgan fingerprint density at radius 3 is 2.50 bits per heavy atom. The zero-order chi connectivity index (χ0) is 13.3. The molecule has 96 valence electrons. The summed E-state index contributed by atoms with van der Waals surface area (Å²) in [6, 6.07) is 6.11. The Morgan fingerprint density at radius 2 is 2.00 bits per heavy atom. The molecule has 0 fully saturated rings. The highest BCUT2D eigenvalue weighted by Gasteiger charge is 2.20. The van der Waals surface area contributed by atoms with E-state index in [1.165, 1.54) is 0 Å². The summed E-state index contributed by atoms with van der Waals surface area (Å²) < 4.78 is 10.7. The van der Waals surface area contributed by atoms with Crippen LogP contribution in [0.5, 0.6) is 5.75 Å². The van der Waals surface area contributed by atoms with Gasteiger partial charge in [0.15, 0.2) is 5.76 Å². The van der Waals surface area contributed by atoms with Gasteiger partial charge in [-0.3, -0.25) is 0 Å². The molecule has 0 saturated carbocycles. The zero-order valence-electron chi connectivity index (χ0n) is 11.2. The summed E-state index contributed by atoms with van der Waals surface area (Å²) >= 11 is 0. The molecule has 0 aliphatic rings. The van der Waals surface area contributed by atoms with E-state index in [1.807, 2.05) is 12.1 Å². The number of benzene rings is 1. The van der Waals surface area contributed by atoms with Gasteiger partial charge in [-0.05, 0) is 23.6 Å². The first kappa shape index (κ1) is 12.5. The molecule has 0 aliphatic carbocycles. The normalized spacial score (nSPS) is 11.6. The molecule has 2 rings (SSSR count). The summed E-state index contributed by atoms with van der Waals surface area (Å²) in [5.74, 6) is 1.54. The standard InChI is InChI=1S/C14H18N2O2/c1-14(2,3)10-7-9(5-6-11(10)17-4)12-8-16-13(15)18-12/h5-8H,1-4H3,(H2,15,16). The molecule has 0 radical (unpaired) electrons. The van der Waals surface area contributed by atoms with Gasteiger partial charge in [0.2, 0.25) is 0 Å². The molecule has 0 bridgehead atoms. The highest BCUT2D eigenvalue weighted by atomic mass is 16.5. The van der Waals surface area contributed by atoms with Crippen molar-refractivity contribution in [2.24, 2.45) is 0 Å². The number of methoxy groups -OCH3 is 1. The van der Waals surface area contributed by atoms with Crippen LogP contribution in [-0.2, 0) is 5.41 Å². The lowest BCUT2D eigenvalue weighted by atomic mass is 9.85. The van der Waals surface area contributed by atoms with Gasteiger partial charge >= 0.3 is 0 Å². The molecule has 2 N–H and O–H groups in total. The number of hydrogen-bond donors (Lipinski definition) is 1. The molecule has 1 heterocycles. The summed E-state index contributed by atoms with van der Waals surface area (Å²) in [5.41, 5.74) is 7.56. The number of oxazole rings is 1. The Morgan fingerprint density at radius 1 is 1.28 bits per heavy atom. The third-order valence-corrected chi connectivity index (χ3v) is 2.82. The van der Waals surface area contributed by atoms with Gasteiger partial charge in [-0.2, -0.15) is 0 Å². The average Bonchev–Trinajstić information content (AvgIpc) is 2.74. The number of aromatic nitrogens is 1. The summed E-state index contributed by atoms with van der Waals surface area (Å²) in [7, 11) is 1.68. The topological polar surface area (TPSA) is 61.3 Å². The average molecular weight is 246 g/mol. The van der Waals surface area contributed by atoms with Crippen LogP contribution in [-0.4, -0.2) is 12.1 Å². The summed E-state index contributed by atoms with van der Waals surface area (Å²) in [6.45, 7) is 6.43. The van der Waals surface area contributed by atoms with Crippen LogP contribution in [0.1, 0.15) is 26.3 Å². The van der Waals surface area contributed by atoms with Crippen LogP contribution in [0.3, 0.4) is 0 Å². The largest absolute Gasteiger partial charge is 0.496 e. The minimum Gasteiger partial charge on any atom is -0.496 e. The van der Waals surface area contributed by atoms with Gasteiger partial charge in [-0.1, -0.05) is 20.8 Å². The number of rotatable bonds is 2. The third kappa shape index (κ3) is 2.32. The van der Waals surface area contributed by atoms with Crippen molar-refractivity contribution < 1.29 is 9.15 Å². The number of ether oxygens (including phenoxy) is 1. The summed E-state index contributed by atoms with van der Waals surface area (Å²) in [5, 5.41) is 0. The van der Waals surface area contributed by atoms with Crippen molar-refractivity contribution in [1.29, 1.82) is 0 Å². The van der Waals surface area contributed by atoms with Gasteiger partial charge < -0.3 is 14.9 Å². The van der Waals surface area contributed by atoms with Crippen LogP contribution in [0.25, 0.3) is 11.3 Å². The number of nitrogen functional groups attached to an aromatic ring is 1. The van der Waals surface area contributed by atoms with Gasteiger partial charge in [-0.25, -0.2) is 4.98 Å². The van der Waals surface area contributed by atoms with Crippen molar-refractivity contribution in [1.82, 2.24) is 4.98 Å². The van der Waals surface area contributed by atoms with E-state index in [4.69, 9.17) is 14.9 Å². The van der Waals surface area contributed by atoms with Crippen molar-refractivity contribution in [2.75, 3.05) is 12.8 Å². The van der Waals surface area contributed by atoms with Crippen molar-refractivity contribution in [3.8, 4) is 17.1 Å². The maximum Gasteiger partial charge on any atom is 0.292 e. The van der Waals surface area contributed by atoms with E-state index in [1.54, 1.807) is 13.3 Å². The molecule has 0 saturated heterocycles. The van der Waals surface area contributed by atoms with E-state index < -0.39 is 0 Å². The number of anilines is 1. The van der Waals surface area contributed by atoms with E-state index >= 15 is 0 Å². The number of nitrogens with zero attached hydrogens (tertiary/aromatic N) is 1. The van der Waals surface area contributed by atoms with Crippen molar-refractivity contribution in [3.63, 3.8) is 0 Å². The molecule has 18 heavy (non-hydrogen) atoms. The molecular formula is C14H18N2O2. The Balaban J connectivity index is 2.52. The predicted molar refractivity (Wildman–Crippen MR) is 71.6 cm³/mol. The lowest BCUT2D eigenvalue weighted by Crippen LogP contribution is -2.12. The molecule has 0 aliphatic heterocycles. The van der Waals surface area contributed by atoms with E-state index in [-0.39, 0.29) is 11.4 Å². The second-order valence-electron chi connectivity index (χ2n) is 5.23. The van der Waals surface area contributed by atoms with Gasteiger partial charge in [-0.15, -0.1) is 0 Å². The van der Waals surface area contributed by atoms with Gasteiger partial charge in [0.1, 0.15) is 5.75 Å². The molecule has 0 unspecified atom stereocenters. The highest BCUT2D eigenvalue weighted by Crippen LogP contribution is 2.35. The molecule has 0 amide bonds. The van der Waals surface area contributed by atoms with Crippen LogP contribution in [0.15, 0.2) is 28.8 Å². The number of nitrogens with two attached hydrogens (primary N) is 1. The second kappa shape index (κ2) is 4.37. The van der Waals surface area contributed by atoms with Crippen molar-refractivity contribution in [3.05, 3.63) is 30.0 Å². The fourth-order valence-corrected chi connectivity index (χ4v) is 1.87. The lowest BCUT2D eigenvalue weighted by Gasteiger charge is -2.22. The predicted octanol–water partition coefficient (Wildman–Crippen LogP) is 3.23. The quantitative estimate of drug-likeness (QED) is 0.883. The fourth-order valence-electron chi connectivity index (χ4n) is 1.87. The Hall–Kier alpha value is -1.97. The maximum atomic E-state index is 5.49.